The van der Waals surface area contributed by atoms with Gasteiger partial charge in [-0.25, -0.2) is 4.99 Å². The SMILES string of the molecule is CCNC(=NCc1c(OC)cc(OC)cc1OC)NC1CCCC(S(=O)CC)C1. The number of nitrogens with zero attached hydrogens (tertiary/aromatic N) is 1. The van der Waals surface area contributed by atoms with E-state index >= 15 is 0 Å². The molecule has 3 atom stereocenters. The zero-order valence-electron chi connectivity index (χ0n) is 18.2. The van der Waals surface area contributed by atoms with Crippen LogP contribution in [-0.2, 0) is 17.3 Å². The van der Waals surface area contributed by atoms with Crippen molar-refractivity contribution in [1.82, 2.24) is 10.6 Å². The molecule has 2 rings (SSSR count). The van der Waals surface area contributed by atoms with Crippen molar-refractivity contribution in [2.45, 2.75) is 57.4 Å². The molecule has 1 aliphatic rings. The van der Waals surface area contributed by atoms with Crippen LogP contribution in [0.25, 0.3) is 0 Å². The van der Waals surface area contributed by atoms with Crippen molar-refractivity contribution in [3.8, 4) is 17.2 Å². The summed E-state index contributed by atoms with van der Waals surface area (Å²) in [6.07, 6.45) is 4.12. The van der Waals surface area contributed by atoms with Gasteiger partial charge in [0.05, 0.1) is 33.4 Å². The zero-order chi connectivity index (χ0) is 21.2. The first-order valence-corrected chi connectivity index (χ1v) is 11.6. The smallest absolute Gasteiger partial charge is 0.191 e. The molecule has 29 heavy (non-hydrogen) atoms. The molecule has 0 aliphatic heterocycles. The minimum absolute atomic E-state index is 0.274. The van der Waals surface area contributed by atoms with Gasteiger partial charge in [0, 0.05) is 46.5 Å². The monoisotopic (exact) mass is 425 g/mol. The highest BCUT2D eigenvalue weighted by atomic mass is 32.2. The van der Waals surface area contributed by atoms with Gasteiger partial charge in [0.1, 0.15) is 17.2 Å². The molecule has 1 saturated carbocycles. The molecule has 2 N–H and O–H groups in total. The van der Waals surface area contributed by atoms with E-state index in [4.69, 9.17) is 19.2 Å². The lowest BCUT2D eigenvalue weighted by Crippen LogP contribution is -2.46. The summed E-state index contributed by atoms with van der Waals surface area (Å²) in [7, 11) is 4.12. The summed E-state index contributed by atoms with van der Waals surface area (Å²) >= 11 is 0. The number of hydrogen-bond acceptors (Lipinski definition) is 5. The highest BCUT2D eigenvalue weighted by Gasteiger charge is 2.26. The average Bonchev–Trinajstić information content (AvgIpc) is 2.76. The number of aliphatic imine (C=N–C) groups is 1. The molecule has 1 aliphatic carbocycles. The maximum atomic E-state index is 12.2. The minimum Gasteiger partial charge on any atom is -0.496 e. The van der Waals surface area contributed by atoms with Crippen LogP contribution in [0.1, 0.15) is 45.1 Å². The molecule has 1 aromatic rings. The maximum Gasteiger partial charge on any atom is 0.191 e. The van der Waals surface area contributed by atoms with E-state index in [1.54, 1.807) is 21.3 Å². The summed E-state index contributed by atoms with van der Waals surface area (Å²) in [5.74, 6) is 3.51. The number of hydrogen-bond donors (Lipinski definition) is 2. The Hall–Kier alpha value is -1.96. The first kappa shape index (κ1) is 23.3. The molecule has 7 nitrogen and oxygen atoms in total. The van der Waals surface area contributed by atoms with Gasteiger partial charge >= 0.3 is 0 Å². The van der Waals surface area contributed by atoms with Gasteiger partial charge in [0.25, 0.3) is 0 Å². The highest BCUT2D eigenvalue weighted by Crippen LogP contribution is 2.34. The molecular formula is C21H35N3O4S. The lowest BCUT2D eigenvalue weighted by molar-refractivity contribution is 0.369. The lowest BCUT2D eigenvalue weighted by atomic mass is 9.95. The molecule has 8 heteroatoms. The van der Waals surface area contributed by atoms with E-state index in [2.05, 4.69) is 10.6 Å². The molecule has 0 heterocycles. The van der Waals surface area contributed by atoms with Crippen LogP contribution in [0, 0.1) is 0 Å². The van der Waals surface area contributed by atoms with Crippen molar-refractivity contribution in [1.29, 1.82) is 0 Å². The van der Waals surface area contributed by atoms with Crippen molar-refractivity contribution in [3.63, 3.8) is 0 Å². The van der Waals surface area contributed by atoms with Gasteiger partial charge in [0.15, 0.2) is 5.96 Å². The van der Waals surface area contributed by atoms with Gasteiger partial charge in [-0.2, -0.15) is 0 Å². The third-order valence-corrected chi connectivity index (χ3v) is 6.92. The molecule has 0 amide bonds. The summed E-state index contributed by atoms with van der Waals surface area (Å²) in [5, 5.41) is 7.12. The van der Waals surface area contributed by atoms with Crippen molar-refractivity contribution in [3.05, 3.63) is 17.7 Å². The van der Waals surface area contributed by atoms with E-state index in [-0.39, 0.29) is 11.3 Å². The number of guanidine groups is 1. The predicted molar refractivity (Wildman–Crippen MR) is 119 cm³/mol. The summed E-state index contributed by atoms with van der Waals surface area (Å²) < 4.78 is 28.6. The van der Waals surface area contributed by atoms with Crippen molar-refractivity contribution < 1.29 is 18.4 Å². The Kier molecular flexibility index (Phi) is 9.57. The fourth-order valence-electron chi connectivity index (χ4n) is 3.66. The van der Waals surface area contributed by atoms with Gasteiger partial charge in [-0.1, -0.05) is 13.3 Å². The largest absolute Gasteiger partial charge is 0.496 e. The van der Waals surface area contributed by atoms with Crippen LogP contribution >= 0.6 is 0 Å². The maximum absolute atomic E-state index is 12.2. The van der Waals surface area contributed by atoms with Gasteiger partial charge in [-0.3, -0.25) is 4.21 Å². The van der Waals surface area contributed by atoms with Crippen LogP contribution in [0.3, 0.4) is 0 Å². The first-order valence-electron chi connectivity index (χ1n) is 10.3. The van der Waals surface area contributed by atoms with Crippen LogP contribution in [0.15, 0.2) is 17.1 Å². The van der Waals surface area contributed by atoms with E-state index in [1.807, 2.05) is 26.0 Å². The Morgan fingerprint density at radius 1 is 1.14 bits per heavy atom. The van der Waals surface area contributed by atoms with E-state index in [0.717, 1.165) is 49.5 Å². The molecule has 0 saturated heterocycles. The lowest BCUT2D eigenvalue weighted by Gasteiger charge is -2.30. The second kappa shape index (κ2) is 11.9. The number of benzene rings is 1. The van der Waals surface area contributed by atoms with E-state index in [9.17, 15) is 4.21 Å². The first-order chi connectivity index (χ1) is 14.1. The number of methoxy groups -OCH3 is 3. The second-order valence-electron chi connectivity index (χ2n) is 7.00. The fourth-order valence-corrected chi connectivity index (χ4v) is 5.00. The van der Waals surface area contributed by atoms with Gasteiger partial charge in [0.2, 0.25) is 0 Å². The van der Waals surface area contributed by atoms with Crippen LogP contribution < -0.4 is 24.8 Å². The molecule has 0 aromatic heterocycles. The molecule has 3 unspecified atom stereocenters. The quantitative estimate of drug-likeness (QED) is 0.468. The van der Waals surface area contributed by atoms with Crippen LogP contribution in [0.4, 0.5) is 0 Å². The summed E-state index contributed by atoms with van der Waals surface area (Å²) in [6, 6.07) is 3.95. The predicted octanol–water partition coefficient (Wildman–Crippen LogP) is 2.85. The number of rotatable bonds is 9. The molecule has 1 aromatic carbocycles. The Bertz CT molecular complexity index is 686. The Labute approximate surface area is 177 Å². The average molecular weight is 426 g/mol. The molecule has 0 spiro atoms. The molecule has 164 valence electrons. The Morgan fingerprint density at radius 3 is 2.38 bits per heavy atom. The number of nitrogens with one attached hydrogen (secondary N) is 2. The fraction of sp³-hybridized carbons (Fsp3) is 0.667. The third-order valence-electron chi connectivity index (χ3n) is 5.18. The van der Waals surface area contributed by atoms with Gasteiger partial charge in [-0.05, 0) is 26.2 Å². The normalized spacial score (nSPS) is 20.7. The van der Waals surface area contributed by atoms with Crippen LogP contribution in [0.2, 0.25) is 0 Å². The Morgan fingerprint density at radius 2 is 1.83 bits per heavy atom. The standard InChI is InChI=1S/C21H35N3O4S/c1-6-22-21(24-15-9-8-10-17(11-15)29(25)7-2)23-14-18-19(27-4)12-16(26-3)13-20(18)28-5/h12-13,15,17H,6-11,14H2,1-5H3,(H2,22,23,24). The number of ether oxygens (including phenoxy) is 3. The summed E-state index contributed by atoms with van der Waals surface area (Å²) in [6.45, 7) is 5.21. The second-order valence-corrected chi connectivity index (χ2v) is 9.01. The van der Waals surface area contributed by atoms with E-state index < -0.39 is 10.8 Å². The minimum atomic E-state index is -0.743. The summed E-state index contributed by atoms with van der Waals surface area (Å²) in [4.78, 5) is 4.76. The van der Waals surface area contributed by atoms with Gasteiger partial charge < -0.3 is 24.8 Å². The third kappa shape index (κ3) is 6.52. The van der Waals surface area contributed by atoms with Crippen molar-refractivity contribution in [2.75, 3.05) is 33.6 Å². The molecule has 1 fully saturated rings. The van der Waals surface area contributed by atoms with Crippen LogP contribution in [-0.4, -0.2) is 55.1 Å². The Balaban J connectivity index is 2.16. The topological polar surface area (TPSA) is 81.2 Å². The molecule has 0 bridgehead atoms. The van der Waals surface area contributed by atoms with E-state index in [1.165, 1.54) is 0 Å². The van der Waals surface area contributed by atoms with Crippen LogP contribution in [0.5, 0.6) is 17.2 Å². The molecule has 0 radical (unpaired) electrons. The van der Waals surface area contributed by atoms with E-state index in [0.29, 0.717) is 23.8 Å². The van der Waals surface area contributed by atoms with Crippen molar-refractivity contribution >= 4 is 16.8 Å². The highest BCUT2D eigenvalue weighted by molar-refractivity contribution is 7.85. The van der Waals surface area contributed by atoms with Crippen molar-refractivity contribution in [2.24, 2.45) is 4.99 Å². The zero-order valence-corrected chi connectivity index (χ0v) is 19.1. The summed E-state index contributed by atoms with van der Waals surface area (Å²) in [5.41, 5.74) is 0.863. The van der Waals surface area contributed by atoms with Gasteiger partial charge in [-0.15, -0.1) is 0 Å². The molecular weight excluding hydrogens is 390 g/mol.